The van der Waals surface area contributed by atoms with Crippen LogP contribution in [-0.4, -0.2) is 21.2 Å². The van der Waals surface area contributed by atoms with Crippen LogP contribution < -0.4 is 0 Å². The molecule has 1 aromatic heterocycles. The highest BCUT2D eigenvalue weighted by atomic mass is 16.3. The fraction of sp³-hybridized carbons (Fsp3) is 0.308. The van der Waals surface area contributed by atoms with E-state index >= 15 is 0 Å². The predicted octanol–water partition coefficient (Wildman–Crippen LogP) is 6.76. The van der Waals surface area contributed by atoms with Gasteiger partial charge in [0.2, 0.25) is 0 Å². The molecule has 158 valence electrons. The second-order valence-corrected chi connectivity index (χ2v) is 7.06. The first-order valence-electron chi connectivity index (χ1n) is 10.7. The number of carbonyl (C=O) groups is 1. The van der Waals surface area contributed by atoms with Gasteiger partial charge in [-0.05, 0) is 56.0 Å². The van der Waals surface area contributed by atoms with Crippen molar-refractivity contribution in [1.82, 2.24) is 9.78 Å². The lowest BCUT2D eigenvalue weighted by Gasteiger charge is -2.14. The normalized spacial score (nSPS) is 11.0. The van der Waals surface area contributed by atoms with E-state index in [1.54, 1.807) is 16.8 Å². The van der Waals surface area contributed by atoms with Gasteiger partial charge in [-0.15, -0.1) is 0 Å². The van der Waals surface area contributed by atoms with Crippen LogP contribution in [0.1, 0.15) is 72.9 Å². The monoisotopic (exact) mass is 404 g/mol. The summed E-state index contributed by atoms with van der Waals surface area (Å²) in [6, 6.07) is 15.4. The second-order valence-electron chi connectivity index (χ2n) is 7.06. The molecule has 0 bridgehead atoms. The topological polar surface area (TPSA) is 55.1 Å². The molecule has 1 N–H and O–H groups in total. The van der Waals surface area contributed by atoms with Crippen LogP contribution in [0.25, 0.3) is 17.3 Å². The molecular formula is C26H32N2O2. The summed E-state index contributed by atoms with van der Waals surface area (Å²) in [5.41, 5.74) is 6.08. The zero-order valence-corrected chi connectivity index (χ0v) is 18.6. The number of aldehydes is 1. The van der Waals surface area contributed by atoms with Gasteiger partial charge in [-0.3, -0.25) is 4.79 Å². The van der Waals surface area contributed by atoms with E-state index in [1.807, 2.05) is 32.9 Å². The van der Waals surface area contributed by atoms with E-state index in [0.29, 0.717) is 11.4 Å². The number of phenolic OH excluding ortho intramolecular Hbond substituents is 1. The van der Waals surface area contributed by atoms with Crippen LogP contribution in [0.15, 0.2) is 48.5 Å². The number of aryl methyl sites for hydroxylation is 1. The van der Waals surface area contributed by atoms with Gasteiger partial charge in [-0.25, -0.2) is 4.68 Å². The Bertz CT molecular complexity index is 998. The Morgan fingerprint density at radius 2 is 1.73 bits per heavy atom. The smallest absolute Gasteiger partial charge is 0.170 e. The van der Waals surface area contributed by atoms with Crippen molar-refractivity contribution in [3.63, 3.8) is 0 Å². The van der Waals surface area contributed by atoms with Crippen molar-refractivity contribution in [2.24, 2.45) is 0 Å². The summed E-state index contributed by atoms with van der Waals surface area (Å²) < 4.78 is 1.70. The second kappa shape index (κ2) is 11.1. The van der Waals surface area contributed by atoms with Gasteiger partial charge in [-0.2, -0.15) is 5.10 Å². The third kappa shape index (κ3) is 5.26. The number of allylic oxidation sites excluding steroid dienone is 1. The van der Waals surface area contributed by atoms with Crippen LogP contribution in [0.4, 0.5) is 0 Å². The molecule has 4 nitrogen and oxygen atoms in total. The molecule has 0 unspecified atom stereocenters. The molecule has 0 radical (unpaired) electrons. The van der Waals surface area contributed by atoms with Crippen LogP contribution >= 0.6 is 0 Å². The molecule has 0 spiro atoms. The molecule has 3 aromatic rings. The highest BCUT2D eigenvalue weighted by Gasteiger charge is 2.20. The van der Waals surface area contributed by atoms with Crippen molar-refractivity contribution >= 4 is 17.9 Å². The number of rotatable bonds is 7. The summed E-state index contributed by atoms with van der Waals surface area (Å²) >= 11 is 0. The van der Waals surface area contributed by atoms with Crippen LogP contribution in [-0.2, 0) is 0 Å². The number of hydrogen-bond acceptors (Lipinski definition) is 3. The molecule has 4 heteroatoms. The van der Waals surface area contributed by atoms with E-state index < -0.39 is 0 Å². The van der Waals surface area contributed by atoms with Crippen LogP contribution in [0.3, 0.4) is 0 Å². The summed E-state index contributed by atoms with van der Waals surface area (Å²) in [5, 5.41) is 14.9. The molecule has 0 atom stereocenters. The molecule has 0 aliphatic heterocycles. The molecule has 0 saturated heterocycles. The summed E-state index contributed by atoms with van der Waals surface area (Å²) in [5.74, 6) is 0.133. The average Bonchev–Trinajstić information content (AvgIpc) is 3.10. The Labute approximate surface area is 179 Å². The Balaban J connectivity index is 0.00000155. The number of phenols is 1. The van der Waals surface area contributed by atoms with E-state index in [2.05, 4.69) is 49.3 Å². The molecular weight excluding hydrogens is 372 g/mol. The SMILES string of the molecule is CC.CCCC/C(=C\c1ccc(C)cc1)c1c(C)c(C=O)nn1-c1ccccc1O. The standard InChI is InChI=1S/C24H26N2O2.C2H6/c1-4-5-8-20(15-19-13-11-17(2)12-14-19)24-18(3)21(16-27)25-26(24)22-9-6-7-10-23(22)28;1-2/h6-7,9-16,28H,4-5,8H2,1-3H3;1-2H3/b20-15+;. The van der Waals surface area contributed by atoms with Gasteiger partial charge in [0.25, 0.3) is 0 Å². The predicted molar refractivity (Wildman–Crippen MR) is 125 cm³/mol. The molecule has 0 aliphatic carbocycles. The first kappa shape index (κ1) is 23.1. The minimum absolute atomic E-state index is 0.133. The number of benzene rings is 2. The minimum atomic E-state index is 0.133. The zero-order chi connectivity index (χ0) is 22.1. The number of para-hydroxylation sites is 2. The van der Waals surface area contributed by atoms with Gasteiger partial charge in [0.05, 0.1) is 5.69 Å². The third-order valence-corrected chi connectivity index (χ3v) is 4.90. The van der Waals surface area contributed by atoms with E-state index in [1.165, 1.54) is 5.56 Å². The minimum Gasteiger partial charge on any atom is -0.506 e. The highest BCUT2D eigenvalue weighted by Crippen LogP contribution is 2.32. The fourth-order valence-corrected chi connectivity index (χ4v) is 3.31. The van der Waals surface area contributed by atoms with Crippen LogP contribution in [0.5, 0.6) is 5.75 Å². The van der Waals surface area contributed by atoms with Gasteiger partial charge in [0.15, 0.2) is 6.29 Å². The van der Waals surface area contributed by atoms with Crippen molar-refractivity contribution in [3.8, 4) is 11.4 Å². The van der Waals surface area contributed by atoms with Crippen molar-refractivity contribution in [1.29, 1.82) is 0 Å². The lowest BCUT2D eigenvalue weighted by Crippen LogP contribution is -2.03. The maximum absolute atomic E-state index is 11.6. The van der Waals surface area contributed by atoms with Crippen molar-refractivity contribution in [2.45, 2.75) is 53.9 Å². The number of hydrogen-bond donors (Lipinski definition) is 1. The van der Waals surface area contributed by atoms with Crippen LogP contribution in [0.2, 0.25) is 0 Å². The van der Waals surface area contributed by atoms with Gasteiger partial charge in [0, 0.05) is 5.56 Å². The van der Waals surface area contributed by atoms with Crippen molar-refractivity contribution < 1.29 is 9.90 Å². The first-order chi connectivity index (χ1) is 14.5. The van der Waals surface area contributed by atoms with E-state index in [4.69, 9.17) is 0 Å². The van der Waals surface area contributed by atoms with Crippen molar-refractivity contribution in [2.75, 3.05) is 0 Å². The molecule has 0 aliphatic rings. The molecule has 0 saturated carbocycles. The molecule has 3 rings (SSSR count). The third-order valence-electron chi connectivity index (χ3n) is 4.90. The number of aromatic hydroxyl groups is 1. The lowest BCUT2D eigenvalue weighted by molar-refractivity contribution is 0.111. The number of aromatic nitrogens is 2. The highest BCUT2D eigenvalue weighted by molar-refractivity contribution is 5.86. The Hall–Kier alpha value is -3.14. The molecule has 0 fully saturated rings. The van der Waals surface area contributed by atoms with E-state index in [0.717, 1.165) is 47.9 Å². The van der Waals surface area contributed by atoms with Gasteiger partial charge < -0.3 is 5.11 Å². The van der Waals surface area contributed by atoms with Gasteiger partial charge >= 0.3 is 0 Å². The largest absolute Gasteiger partial charge is 0.506 e. The Morgan fingerprint density at radius 1 is 1.07 bits per heavy atom. The summed E-state index contributed by atoms with van der Waals surface area (Å²) in [7, 11) is 0. The Kier molecular flexibility index (Phi) is 8.60. The summed E-state index contributed by atoms with van der Waals surface area (Å²) in [6.45, 7) is 10.1. The van der Waals surface area contributed by atoms with E-state index in [-0.39, 0.29) is 5.75 Å². The lowest BCUT2D eigenvalue weighted by atomic mass is 9.98. The van der Waals surface area contributed by atoms with Gasteiger partial charge in [-0.1, -0.05) is 69.2 Å². The first-order valence-corrected chi connectivity index (χ1v) is 10.7. The molecule has 0 amide bonds. The quantitative estimate of drug-likeness (QED) is 0.442. The Morgan fingerprint density at radius 3 is 2.33 bits per heavy atom. The molecule has 2 aromatic carbocycles. The maximum Gasteiger partial charge on any atom is 0.170 e. The fourth-order valence-electron chi connectivity index (χ4n) is 3.31. The molecule has 30 heavy (non-hydrogen) atoms. The van der Waals surface area contributed by atoms with Crippen molar-refractivity contribution in [3.05, 3.63) is 76.6 Å². The summed E-state index contributed by atoms with van der Waals surface area (Å²) in [4.78, 5) is 11.6. The van der Waals surface area contributed by atoms with E-state index in [9.17, 15) is 9.90 Å². The average molecular weight is 405 g/mol. The zero-order valence-electron chi connectivity index (χ0n) is 18.6. The number of nitrogens with zero attached hydrogens (tertiary/aromatic N) is 2. The summed E-state index contributed by atoms with van der Waals surface area (Å²) in [6.07, 6.45) is 5.89. The van der Waals surface area contributed by atoms with Crippen LogP contribution in [0, 0.1) is 13.8 Å². The van der Waals surface area contributed by atoms with Gasteiger partial charge in [0.1, 0.15) is 17.1 Å². The number of unbranched alkanes of at least 4 members (excludes halogenated alkanes) is 1. The maximum atomic E-state index is 11.6. The molecule has 1 heterocycles. The number of carbonyl (C=O) groups excluding carboxylic acids is 1.